The van der Waals surface area contributed by atoms with Gasteiger partial charge in [0.2, 0.25) is 5.91 Å². The van der Waals surface area contributed by atoms with Gasteiger partial charge in [-0.05, 0) is 37.5 Å². The first-order valence-electron chi connectivity index (χ1n) is 8.11. The van der Waals surface area contributed by atoms with Crippen LogP contribution in [0.4, 0.5) is 0 Å². The zero-order valence-corrected chi connectivity index (χ0v) is 18.1. The van der Waals surface area contributed by atoms with Crippen molar-refractivity contribution in [1.82, 2.24) is 15.5 Å². The van der Waals surface area contributed by atoms with Crippen LogP contribution in [0.15, 0.2) is 33.7 Å². The third-order valence-corrected chi connectivity index (χ3v) is 4.18. The highest BCUT2D eigenvalue weighted by molar-refractivity contribution is 14.0. The van der Waals surface area contributed by atoms with Gasteiger partial charge in [-0.25, -0.2) is 0 Å². The number of rotatable bonds is 7. The molecule has 0 atom stereocenters. The average molecular weight is 509 g/mol. The number of hydrogen-bond donors (Lipinski definition) is 2. The Morgan fingerprint density at radius 2 is 1.96 bits per heavy atom. The topological polar surface area (TPSA) is 56.7 Å². The van der Waals surface area contributed by atoms with Crippen LogP contribution in [0.2, 0.25) is 0 Å². The van der Waals surface area contributed by atoms with Crippen LogP contribution in [0.1, 0.15) is 25.3 Å². The Morgan fingerprint density at radius 1 is 1.29 bits per heavy atom. The number of aliphatic imine (C=N–C) groups is 1. The number of nitrogens with one attached hydrogen (secondary N) is 2. The number of nitrogens with zero attached hydrogens (tertiary/aromatic N) is 2. The Morgan fingerprint density at radius 3 is 2.54 bits per heavy atom. The van der Waals surface area contributed by atoms with Crippen molar-refractivity contribution in [3.8, 4) is 0 Å². The fourth-order valence-electron chi connectivity index (χ4n) is 2.24. The van der Waals surface area contributed by atoms with Crippen molar-refractivity contribution >= 4 is 51.8 Å². The fraction of sp³-hybridized carbons (Fsp3) is 0.529. The van der Waals surface area contributed by atoms with E-state index in [4.69, 9.17) is 0 Å². The van der Waals surface area contributed by atoms with E-state index in [1.165, 1.54) is 5.56 Å². The van der Waals surface area contributed by atoms with Gasteiger partial charge in [-0.3, -0.25) is 9.79 Å². The summed E-state index contributed by atoms with van der Waals surface area (Å²) in [5, 5.41) is 6.23. The maximum Gasteiger partial charge on any atom is 0.223 e. The predicted octanol–water partition coefficient (Wildman–Crippen LogP) is 2.99. The number of benzene rings is 1. The van der Waals surface area contributed by atoms with Crippen molar-refractivity contribution in [1.29, 1.82) is 0 Å². The van der Waals surface area contributed by atoms with Crippen molar-refractivity contribution < 1.29 is 4.79 Å². The molecular formula is C17H26BrIN4O. The highest BCUT2D eigenvalue weighted by Crippen LogP contribution is 2.28. The van der Waals surface area contributed by atoms with Gasteiger partial charge in [-0.2, -0.15) is 0 Å². The molecule has 0 bridgehead atoms. The average Bonchev–Trinajstić information content (AvgIpc) is 3.37. The number of carbonyl (C=O) groups excluding carboxylic acids is 1. The van der Waals surface area contributed by atoms with Crippen LogP contribution in [0.5, 0.6) is 0 Å². The van der Waals surface area contributed by atoms with Crippen LogP contribution in [-0.4, -0.2) is 43.4 Å². The van der Waals surface area contributed by atoms with E-state index in [-0.39, 0.29) is 35.8 Å². The molecule has 1 fully saturated rings. The minimum absolute atomic E-state index is 0. The molecule has 24 heavy (non-hydrogen) atoms. The summed E-state index contributed by atoms with van der Waals surface area (Å²) in [5.74, 6) is 1.29. The van der Waals surface area contributed by atoms with E-state index < -0.39 is 0 Å². The highest BCUT2D eigenvalue weighted by atomic mass is 127. The van der Waals surface area contributed by atoms with Crippen molar-refractivity contribution in [2.45, 2.75) is 26.3 Å². The number of hydrogen-bond acceptors (Lipinski definition) is 2. The maximum absolute atomic E-state index is 11.6. The summed E-state index contributed by atoms with van der Waals surface area (Å²) < 4.78 is 1.08. The highest BCUT2D eigenvalue weighted by Gasteiger charge is 2.28. The van der Waals surface area contributed by atoms with Crippen molar-refractivity contribution in [3.63, 3.8) is 0 Å². The molecule has 1 aliphatic rings. The lowest BCUT2D eigenvalue weighted by atomic mass is 10.2. The second-order valence-electron chi connectivity index (χ2n) is 5.78. The van der Waals surface area contributed by atoms with Crippen LogP contribution in [0.3, 0.4) is 0 Å². The Hall–Kier alpha value is -0.830. The van der Waals surface area contributed by atoms with Gasteiger partial charge < -0.3 is 15.5 Å². The fourth-order valence-corrected chi connectivity index (χ4v) is 2.50. The Balaban J connectivity index is 0.00000288. The van der Waals surface area contributed by atoms with E-state index in [9.17, 15) is 4.79 Å². The number of halogens is 2. The first kappa shape index (κ1) is 21.2. The van der Waals surface area contributed by atoms with E-state index >= 15 is 0 Å². The number of amides is 1. The van der Waals surface area contributed by atoms with Gasteiger partial charge in [-0.1, -0.05) is 28.1 Å². The zero-order chi connectivity index (χ0) is 16.7. The quantitative estimate of drug-likeness (QED) is 0.257. The molecule has 2 N–H and O–H groups in total. The van der Waals surface area contributed by atoms with E-state index in [1.54, 1.807) is 0 Å². The molecule has 2 rings (SSSR count). The first-order valence-corrected chi connectivity index (χ1v) is 8.91. The molecule has 0 aromatic heterocycles. The molecule has 5 nitrogen and oxygen atoms in total. The smallest absolute Gasteiger partial charge is 0.223 e. The normalized spacial score (nSPS) is 13.9. The minimum atomic E-state index is 0. The summed E-state index contributed by atoms with van der Waals surface area (Å²) in [6, 6.07) is 8.28. The van der Waals surface area contributed by atoms with Gasteiger partial charge in [0.25, 0.3) is 0 Å². The van der Waals surface area contributed by atoms with Crippen LogP contribution in [0.25, 0.3) is 0 Å². The number of guanidine groups is 1. The van der Waals surface area contributed by atoms with Crippen molar-refractivity contribution in [2.75, 3.05) is 26.7 Å². The Kier molecular flexibility index (Phi) is 9.65. The molecule has 0 aliphatic heterocycles. The predicted molar refractivity (Wildman–Crippen MR) is 113 cm³/mol. The summed E-state index contributed by atoms with van der Waals surface area (Å²) in [6.07, 6.45) is 2.07. The lowest BCUT2D eigenvalue weighted by Gasteiger charge is -2.22. The van der Waals surface area contributed by atoms with Crippen molar-refractivity contribution in [3.05, 3.63) is 34.3 Å². The molecule has 0 heterocycles. The molecule has 1 aromatic carbocycles. The third kappa shape index (κ3) is 7.38. The van der Waals surface area contributed by atoms with E-state index in [1.807, 2.05) is 19.2 Å². The van der Waals surface area contributed by atoms with Crippen LogP contribution in [0, 0.1) is 5.92 Å². The Bertz CT molecular complexity index is 546. The summed E-state index contributed by atoms with van der Waals surface area (Å²) in [5.41, 5.74) is 1.23. The lowest BCUT2D eigenvalue weighted by molar-refractivity contribution is -0.122. The van der Waals surface area contributed by atoms with Gasteiger partial charge >= 0.3 is 0 Å². The van der Waals surface area contributed by atoms with E-state index in [2.05, 4.69) is 55.5 Å². The second-order valence-corrected chi connectivity index (χ2v) is 6.70. The molecule has 1 aromatic rings. The zero-order valence-electron chi connectivity index (χ0n) is 14.2. The van der Waals surface area contributed by atoms with Crippen LogP contribution >= 0.6 is 39.9 Å². The van der Waals surface area contributed by atoms with Gasteiger partial charge in [0.1, 0.15) is 0 Å². The molecule has 1 amide bonds. The van der Waals surface area contributed by atoms with Crippen LogP contribution < -0.4 is 10.6 Å². The molecule has 0 spiro atoms. The maximum atomic E-state index is 11.6. The third-order valence-electron chi connectivity index (χ3n) is 3.65. The second kappa shape index (κ2) is 10.9. The summed E-state index contributed by atoms with van der Waals surface area (Å²) >= 11 is 3.45. The standard InChI is InChI=1S/C17H25BrN4O.HI/c1-3-19-17(21-11-10-20-16(23)14-6-7-14)22(2)12-13-4-8-15(18)9-5-13;/h4-5,8-9,14H,3,6-7,10-12H2,1-2H3,(H,19,21)(H,20,23);1H. The molecule has 1 saturated carbocycles. The summed E-state index contributed by atoms with van der Waals surface area (Å²) in [4.78, 5) is 18.3. The first-order chi connectivity index (χ1) is 11.1. The summed E-state index contributed by atoms with van der Waals surface area (Å²) in [7, 11) is 2.02. The van der Waals surface area contributed by atoms with Gasteiger partial charge in [-0.15, -0.1) is 24.0 Å². The number of carbonyl (C=O) groups is 1. The molecule has 7 heteroatoms. The minimum Gasteiger partial charge on any atom is -0.357 e. The van der Waals surface area contributed by atoms with E-state index in [0.717, 1.165) is 36.4 Å². The lowest BCUT2D eigenvalue weighted by Crippen LogP contribution is -2.39. The van der Waals surface area contributed by atoms with E-state index in [0.29, 0.717) is 13.1 Å². The molecule has 0 radical (unpaired) electrons. The Labute approximate surface area is 169 Å². The van der Waals surface area contributed by atoms with Gasteiger partial charge in [0.15, 0.2) is 5.96 Å². The van der Waals surface area contributed by atoms with Gasteiger partial charge in [0, 0.05) is 37.1 Å². The van der Waals surface area contributed by atoms with Gasteiger partial charge in [0.05, 0.1) is 6.54 Å². The molecule has 0 saturated heterocycles. The van der Waals surface area contributed by atoms with Crippen molar-refractivity contribution in [2.24, 2.45) is 10.9 Å². The molecule has 1 aliphatic carbocycles. The summed E-state index contributed by atoms with van der Waals surface area (Å²) in [6.45, 7) is 4.84. The van der Waals surface area contributed by atoms with Crippen LogP contribution in [-0.2, 0) is 11.3 Å². The monoisotopic (exact) mass is 508 g/mol. The SMILES string of the molecule is CCNC(=NCCNC(=O)C1CC1)N(C)Cc1ccc(Br)cc1.I. The molecule has 134 valence electrons. The molecule has 0 unspecified atom stereocenters. The molecular weight excluding hydrogens is 483 g/mol. The largest absolute Gasteiger partial charge is 0.357 e.